The smallest absolute Gasteiger partial charge is 0.339 e. The minimum absolute atomic E-state index is 0.500. The van der Waals surface area contributed by atoms with Crippen LogP contribution in [0.25, 0.3) is 0 Å². The van der Waals surface area contributed by atoms with E-state index in [0.29, 0.717) is 6.20 Å². The second-order valence-electron chi connectivity index (χ2n) is 2.29. The maximum absolute atomic E-state index is 12.1. The van der Waals surface area contributed by atoms with Crippen molar-refractivity contribution < 1.29 is 13.7 Å². The lowest BCUT2D eigenvalue weighted by molar-refractivity contribution is -0.390. The van der Waals surface area contributed by atoms with E-state index in [1.54, 1.807) is 0 Å². The number of aromatic nitrogens is 1. The molecule has 0 saturated carbocycles. The SMILES string of the molecule is O=c1c(C(F)F)c[nH]c([N+](=O)[O-])c1Br. The van der Waals surface area contributed by atoms with Crippen LogP contribution in [-0.4, -0.2) is 9.91 Å². The van der Waals surface area contributed by atoms with Gasteiger partial charge in [0.25, 0.3) is 6.43 Å². The van der Waals surface area contributed by atoms with E-state index in [9.17, 15) is 23.7 Å². The van der Waals surface area contributed by atoms with Crippen molar-refractivity contribution in [3.63, 3.8) is 0 Å². The minimum Gasteiger partial charge on any atom is -0.358 e. The predicted molar refractivity (Wildman–Crippen MR) is 46.4 cm³/mol. The molecule has 0 atom stereocenters. The van der Waals surface area contributed by atoms with Gasteiger partial charge in [0.1, 0.15) is 11.8 Å². The zero-order valence-corrected chi connectivity index (χ0v) is 8.05. The van der Waals surface area contributed by atoms with Gasteiger partial charge in [0.15, 0.2) is 4.47 Å². The lowest BCUT2D eigenvalue weighted by atomic mass is 10.3. The van der Waals surface area contributed by atoms with Crippen LogP contribution >= 0.6 is 15.9 Å². The Balaban J connectivity index is 3.42. The molecular formula is C6H3BrF2N2O3. The van der Waals surface area contributed by atoms with E-state index in [1.165, 1.54) is 0 Å². The molecule has 0 bridgehead atoms. The summed E-state index contributed by atoms with van der Waals surface area (Å²) in [6.45, 7) is 0. The van der Waals surface area contributed by atoms with Crippen molar-refractivity contribution >= 4 is 21.7 Å². The first kappa shape index (κ1) is 10.8. The molecule has 1 rings (SSSR count). The normalized spacial score (nSPS) is 10.6. The summed E-state index contributed by atoms with van der Waals surface area (Å²) >= 11 is 2.58. The molecule has 14 heavy (non-hydrogen) atoms. The molecule has 0 aliphatic rings. The molecule has 0 saturated heterocycles. The monoisotopic (exact) mass is 268 g/mol. The number of rotatable bonds is 2. The molecule has 0 radical (unpaired) electrons. The number of pyridine rings is 1. The summed E-state index contributed by atoms with van der Waals surface area (Å²) in [5, 5.41) is 10.3. The quantitative estimate of drug-likeness (QED) is 0.658. The van der Waals surface area contributed by atoms with Crippen molar-refractivity contribution in [2.45, 2.75) is 6.43 Å². The fourth-order valence-electron chi connectivity index (χ4n) is 0.804. The molecule has 8 heteroatoms. The molecule has 0 spiro atoms. The highest BCUT2D eigenvalue weighted by Gasteiger charge is 2.21. The van der Waals surface area contributed by atoms with Crippen LogP contribution in [0.3, 0.4) is 0 Å². The van der Waals surface area contributed by atoms with Crippen LogP contribution in [-0.2, 0) is 0 Å². The van der Waals surface area contributed by atoms with Crippen molar-refractivity contribution in [3.8, 4) is 0 Å². The number of aromatic amines is 1. The number of nitrogens with zero attached hydrogens (tertiary/aromatic N) is 1. The van der Waals surface area contributed by atoms with Gasteiger partial charge in [-0.1, -0.05) is 0 Å². The Hall–Kier alpha value is -1.31. The maximum atomic E-state index is 12.1. The van der Waals surface area contributed by atoms with Crippen molar-refractivity contribution in [3.05, 3.63) is 36.6 Å². The molecule has 1 heterocycles. The minimum atomic E-state index is -2.96. The molecule has 0 aliphatic heterocycles. The van der Waals surface area contributed by atoms with Gasteiger partial charge >= 0.3 is 5.82 Å². The molecule has 1 aromatic rings. The Kier molecular flexibility index (Phi) is 2.94. The van der Waals surface area contributed by atoms with Gasteiger partial charge < -0.3 is 10.1 Å². The third-order valence-electron chi connectivity index (χ3n) is 1.45. The number of alkyl halides is 2. The summed E-state index contributed by atoms with van der Waals surface area (Å²) in [6, 6.07) is 0. The van der Waals surface area contributed by atoms with Crippen LogP contribution in [0, 0.1) is 10.1 Å². The zero-order chi connectivity index (χ0) is 10.9. The molecule has 0 unspecified atom stereocenters. The maximum Gasteiger partial charge on any atom is 0.339 e. The third kappa shape index (κ3) is 1.79. The Morgan fingerprint density at radius 1 is 1.57 bits per heavy atom. The van der Waals surface area contributed by atoms with Crippen molar-refractivity contribution in [1.29, 1.82) is 0 Å². The summed E-state index contributed by atoms with van der Waals surface area (Å²) in [5.74, 6) is -0.639. The van der Waals surface area contributed by atoms with E-state index in [0.717, 1.165) is 0 Å². The highest BCUT2D eigenvalue weighted by atomic mass is 79.9. The highest BCUT2D eigenvalue weighted by molar-refractivity contribution is 9.10. The summed E-state index contributed by atoms with van der Waals surface area (Å²) in [6.07, 6.45) is -2.33. The van der Waals surface area contributed by atoms with E-state index < -0.39 is 32.6 Å². The van der Waals surface area contributed by atoms with Crippen molar-refractivity contribution in [2.75, 3.05) is 0 Å². The standard InChI is InChI=1S/C6H3BrF2N2O3/c7-3-4(12)2(5(8)9)1-10-6(3)11(13)14/h1,5H,(H,10,12). The molecule has 0 fully saturated rings. The highest BCUT2D eigenvalue weighted by Crippen LogP contribution is 2.22. The van der Waals surface area contributed by atoms with Gasteiger partial charge in [-0.2, -0.15) is 0 Å². The van der Waals surface area contributed by atoms with Crippen LogP contribution in [0.15, 0.2) is 15.5 Å². The first-order chi connectivity index (χ1) is 6.45. The summed E-state index contributed by atoms with van der Waals surface area (Å²) in [5.41, 5.74) is -1.88. The van der Waals surface area contributed by atoms with Gasteiger partial charge in [0.2, 0.25) is 5.43 Å². The zero-order valence-electron chi connectivity index (χ0n) is 6.46. The number of halogens is 3. The van der Waals surface area contributed by atoms with Gasteiger partial charge in [0, 0.05) is 0 Å². The van der Waals surface area contributed by atoms with Crippen LogP contribution in [0.2, 0.25) is 0 Å². The second-order valence-corrected chi connectivity index (χ2v) is 3.09. The lowest BCUT2D eigenvalue weighted by Crippen LogP contribution is -2.13. The van der Waals surface area contributed by atoms with E-state index in [1.807, 2.05) is 4.98 Å². The average molecular weight is 269 g/mol. The number of hydrogen-bond acceptors (Lipinski definition) is 3. The summed E-state index contributed by atoms with van der Waals surface area (Å²) in [4.78, 5) is 22.5. The van der Waals surface area contributed by atoms with Gasteiger partial charge in [-0.25, -0.2) is 13.8 Å². The molecule has 76 valence electrons. The second kappa shape index (κ2) is 3.82. The first-order valence-corrected chi connectivity index (χ1v) is 4.08. The molecule has 0 aromatic carbocycles. The fourth-order valence-corrected chi connectivity index (χ4v) is 1.29. The molecule has 5 nitrogen and oxygen atoms in total. The van der Waals surface area contributed by atoms with Crippen LogP contribution < -0.4 is 5.43 Å². The number of hydrogen-bond donors (Lipinski definition) is 1. The van der Waals surface area contributed by atoms with E-state index in [2.05, 4.69) is 15.9 Å². The predicted octanol–water partition coefficient (Wildman–Crippen LogP) is 1.98. The number of H-pyrrole nitrogens is 1. The largest absolute Gasteiger partial charge is 0.358 e. The molecule has 1 N–H and O–H groups in total. The lowest BCUT2D eigenvalue weighted by Gasteiger charge is -1.99. The topological polar surface area (TPSA) is 76.0 Å². The van der Waals surface area contributed by atoms with Crippen LogP contribution in [0.1, 0.15) is 12.0 Å². The van der Waals surface area contributed by atoms with E-state index >= 15 is 0 Å². The van der Waals surface area contributed by atoms with Crippen LogP contribution in [0.5, 0.6) is 0 Å². The Labute approximate surface area is 84.0 Å². The molecule has 0 amide bonds. The Bertz CT molecular complexity index is 432. The molecule has 1 aromatic heterocycles. The van der Waals surface area contributed by atoms with Gasteiger partial charge in [-0.15, -0.1) is 0 Å². The summed E-state index contributed by atoms with van der Waals surface area (Å²) in [7, 11) is 0. The van der Waals surface area contributed by atoms with Crippen molar-refractivity contribution in [2.24, 2.45) is 0 Å². The first-order valence-electron chi connectivity index (χ1n) is 3.28. The number of nitrogens with one attached hydrogen (secondary N) is 1. The third-order valence-corrected chi connectivity index (χ3v) is 2.19. The van der Waals surface area contributed by atoms with Gasteiger partial charge in [0.05, 0.1) is 0 Å². The molecule has 0 aliphatic carbocycles. The summed E-state index contributed by atoms with van der Waals surface area (Å²) < 4.78 is 23.8. The fraction of sp³-hybridized carbons (Fsp3) is 0.167. The van der Waals surface area contributed by atoms with E-state index in [4.69, 9.17) is 0 Å². The average Bonchev–Trinajstić information content (AvgIpc) is 2.08. The van der Waals surface area contributed by atoms with E-state index in [-0.39, 0.29) is 0 Å². The van der Waals surface area contributed by atoms with Crippen LogP contribution in [0.4, 0.5) is 14.6 Å². The van der Waals surface area contributed by atoms with Crippen molar-refractivity contribution in [1.82, 2.24) is 4.98 Å². The van der Waals surface area contributed by atoms with Gasteiger partial charge in [-0.3, -0.25) is 4.79 Å². The van der Waals surface area contributed by atoms with Gasteiger partial charge in [-0.05, 0) is 20.9 Å². The molecular weight excluding hydrogens is 266 g/mol. The number of nitro groups is 1. The Morgan fingerprint density at radius 2 is 2.14 bits per heavy atom. The Morgan fingerprint density at radius 3 is 2.57 bits per heavy atom.